The lowest BCUT2D eigenvalue weighted by molar-refractivity contribution is -0.120. The summed E-state index contributed by atoms with van der Waals surface area (Å²) < 4.78 is 0.896. The first kappa shape index (κ1) is 16.8. The van der Waals surface area contributed by atoms with E-state index < -0.39 is 0 Å². The monoisotopic (exact) mass is 336 g/mol. The highest BCUT2D eigenvalue weighted by Crippen LogP contribution is 2.25. The molecule has 2 aromatic rings. The molecule has 0 spiro atoms. The minimum absolute atomic E-state index is 0.0832. The zero-order valence-electron chi connectivity index (χ0n) is 12.5. The number of hydrogen-bond acceptors (Lipinski definition) is 6. The van der Waals surface area contributed by atoms with Gasteiger partial charge in [0.25, 0.3) is 0 Å². The highest BCUT2D eigenvalue weighted by atomic mass is 32.2. The van der Waals surface area contributed by atoms with E-state index in [0.717, 1.165) is 28.2 Å². The van der Waals surface area contributed by atoms with Crippen LogP contribution in [0.1, 0.15) is 18.9 Å². The van der Waals surface area contributed by atoms with E-state index in [1.165, 1.54) is 16.9 Å². The molecule has 2 N–H and O–H groups in total. The molecule has 1 amide bonds. The molecule has 0 saturated heterocycles. The van der Waals surface area contributed by atoms with Crippen molar-refractivity contribution >= 4 is 34.1 Å². The molecular weight excluding hydrogens is 316 g/mol. The van der Waals surface area contributed by atoms with Crippen molar-refractivity contribution in [2.24, 2.45) is 0 Å². The summed E-state index contributed by atoms with van der Waals surface area (Å²) in [4.78, 5) is 11.8. The van der Waals surface area contributed by atoms with Crippen LogP contribution < -0.4 is 10.6 Å². The normalized spacial score (nSPS) is 10.4. The van der Waals surface area contributed by atoms with E-state index >= 15 is 0 Å². The summed E-state index contributed by atoms with van der Waals surface area (Å²) in [5.41, 5.74) is 1.24. The summed E-state index contributed by atoms with van der Waals surface area (Å²) in [7, 11) is 0. The summed E-state index contributed by atoms with van der Waals surface area (Å²) in [5, 5.41) is 15.0. The molecule has 0 fully saturated rings. The third-order valence-electron chi connectivity index (χ3n) is 2.87. The Balaban J connectivity index is 1.59. The summed E-state index contributed by atoms with van der Waals surface area (Å²) in [6.07, 6.45) is 1.36. The Labute approximate surface area is 138 Å². The molecule has 0 radical (unpaired) electrons. The van der Waals surface area contributed by atoms with Crippen LogP contribution in [-0.4, -0.2) is 34.9 Å². The molecule has 0 aliphatic heterocycles. The van der Waals surface area contributed by atoms with Gasteiger partial charge in [-0.15, -0.1) is 10.2 Å². The maximum absolute atomic E-state index is 11.8. The van der Waals surface area contributed by atoms with Gasteiger partial charge in [0.1, 0.15) is 0 Å². The van der Waals surface area contributed by atoms with Crippen molar-refractivity contribution in [3.05, 3.63) is 35.9 Å². The molecule has 1 heterocycles. The van der Waals surface area contributed by atoms with Gasteiger partial charge in [0.2, 0.25) is 11.0 Å². The van der Waals surface area contributed by atoms with E-state index in [1.54, 1.807) is 11.8 Å². The number of rotatable bonds is 9. The number of anilines is 1. The lowest BCUT2D eigenvalue weighted by atomic mass is 10.1. The van der Waals surface area contributed by atoms with E-state index in [2.05, 4.69) is 33.0 Å². The van der Waals surface area contributed by atoms with Gasteiger partial charge in [0.15, 0.2) is 4.34 Å². The number of carbonyl (C=O) groups is 1. The smallest absolute Gasteiger partial charge is 0.220 e. The van der Waals surface area contributed by atoms with E-state index in [9.17, 15) is 4.79 Å². The number of carbonyl (C=O) groups excluding carboxylic acids is 1. The summed E-state index contributed by atoms with van der Waals surface area (Å²) in [6.45, 7) is 3.54. The fourth-order valence-corrected chi connectivity index (χ4v) is 3.63. The highest BCUT2D eigenvalue weighted by molar-refractivity contribution is 8.01. The second-order valence-electron chi connectivity index (χ2n) is 4.59. The fraction of sp³-hybridized carbons (Fsp3) is 0.400. The average Bonchev–Trinajstić information content (AvgIpc) is 2.96. The van der Waals surface area contributed by atoms with Crippen molar-refractivity contribution in [2.45, 2.75) is 24.1 Å². The topological polar surface area (TPSA) is 66.9 Å². The van der Waals surface area contributed by atoms with Gasteiger partial charge >= 0.3 is 0 Å². The van der Waals surface area contributed by atoms with Crippen molar-refractivity contribution in [1.29, 1.82) is 0 Å². The Hall–Kier alpha value is -1.60. The Bertz CT molecular complexity index is 574. The van der Waals surface area contributed by atoms with Crippen LogP contribution in [0.15, 0.2) is 34.7 Å². The third kappa shape index (κ3) is 6.03. The van der Waals surface area contributed by atoms with Crippen LogP contribution in [0.5, 0.6) is 0 Å². The zero-order valence-corrected chi connectivity index (χ0v) is 14.2. The number of thioether (sulfide) groups is 1. The number of nitrogens with one attached hydrogen (secondary N) is 2. The van der Waals surface area contributed by atoms with Gasteiger partial charge in [-0.3, -0.25) is 4.79 Å². The van der Waals surface area contributed by atoms with Crippen LogP contribution in [0.3, 0.4) is 0 Å². The predicted octanol–water partition coefficient (Wildman–Crippen LogP) is 2.81. The van der Waals surface area contributed by atoms with Crippen molar-refractivity contribution < 1.29 is 4.79 Å². The number of benzene rings is 1. The lowest BCUT2D eigenvalue weighted by Crippen LogP contribution is -2.25. The fourth-order valence-electron chi connectivity index (χ4n) is 1.80. The first-order valence-corrected chi connectivity index (χ1v) is 9.09. The Morgan fingerprint density at radius 3 is 2.86 bits per heavy atom. The van der Waals surface area contributed by atoms with Crippen LogP contribution in [0.4, 0.5) is 5.13 Å². The summed E-state index contributed by atoms with van der Waals surface area (Å²) in [5.74, 6) is 0.803. The zero-order chi connectivity index (χ0) is 15.6. The largest absolute Gasteiger partial charge is 0.360 e. The molecule has 1 aromatic heterocycles. The van der Waals surface area contributed by atoms with E-state index in [4.69, 9.17) is 0 Å². The third-order valence-corrected chi connectivity index (χ3v) is 4.88. The Morgan fingerprint density at radius 1 is 1.27 bits per heavy atom. The van der Waals surface area contributed by atoms with E-state index in [1.807, 2.05) is 25.1 Å². The van der Waals surface area contributed by atoms with Crippen LogP contribution >= 0.6 is 23.1 Å². The molecule has 22 heavy (non-hydrogen) atoms. The van der Waals surface area contributed by atoms with Gasteiger partial charge in [-0.05, 0) is 18.9 Å². The van der Waals surface area contributed by atoms with Gasteiger partial charge in [0.05, 0.1) is 0 Å². The minimum Gasteiger partial charge on any atom is -0.360 e. The van der Waals surface area contributed by atoms with Gasteiger partial charge in [-0.25, -0.2) is 0 Å². The first-order valence-electron chi connectivity index (χ1n) is 7.28. The molecule has 0 bridgehead atoms. The molecule has 0 atom stereocenters. The van der Waals surface area contributed by atoms with Gasteiger partial charge < -0.3 is 10.6 Å². The van der Waals surface area contributed by atoms with Gasteiger partial charge in [-0.1, -0.05) is 53.4 Å². The molecule has 2 rings (SSSR count). The van der Waals surface area contributed by atoms with Crippen LogP contribution in [-0.2, 0) is 11.2 Å². The van der Waals surface area contributed by atoms with E-state index in [-0.39, 0.29) is 5.91 Å². The summed E-state index contributed by atoms with van der Waals surface area (Å²) >= 11 is 3.09. The minimum atomic E-state index is 0.0832. The molecule has 0 unspecified atom stereocenters. The maximum atomic E-state index is 11.8. The molecule has 0 saturated carbocycles. The van der Waals surface area contributed by atoms with Gasteiger partial charge in [-0.2, -0.15) is 0 Å². The molecular formula is C15H20N4OS2. The molecule has 1 aromatic carbocycles. The number of amides is 1. The average molecular weight is 336 g/mol. The standard InChI is InChI=1S/C15H20N4OS2/c1-2-16-14-18-19-15(22-14)21-11-9-13(20)17-10-8-12-6-4-3-5-7-12/h3-7H,2,8-11H2,1H3,(H,16,18)(H,17,20). The van der Waals surface area contributed by atoms with Crippen molar-refractivity contribution in [3.8, 4) is 0 Å². The predicted molar refractivity (Wildman–Crippen MR) is 92.6 cm³/mol. The van der Waals surface area contributed by atoms with Crippen LogP contribution in [0.2, 0.25) is 0 Å². The SMILES string of the molecule is CCNc1nnc(SCCC(=O)NCCc2ccccc2)s1. The van der Waals surface area contributed by atoms with Crippen LogP contribution in [0.25, 0.3) is 0 Å². The maximum Gasteiger partial charge on any atom is 0.220 e. The van der Waals surface area contributed by atoms with Gasteiger partial charge in [0, 0.05) is 25.3 Å². The Morgan fingerprint density at radius 2 is 2.09 bits per heavy atom. The summed E-state index contributed by atoms with van der Waals surface area (Å²) in [6, 6.07) is 10.2. The second-order valence-corrected chi connectivity index (χ2v) is 6.91. The second kappa shape index (κ2) is 9.42. The number of hydrogen-bond donors (Lipinski definition) is 2. The lowest BCUT2D eigenvalue weighted by Gasteiger charge is -2.04. The molecule has 7 heteroatoms. The van der Waals surface area contributed by atoms with Crippen molar-refractivity contribution in [3.63, 3.8) is 0 Å². The number of aromatic nitrogens is 2. The quantitative estimate of drug-likeness (QED) is 0.689. The van der Waals surface area contributed by atoms with Crippen molar-refractivity contribution in [2.75, 3.05) is 24.2 Å². The molecule has 0 aliphatic rings. The molecule has 118 valence electrons. The highest BCUT2D eigenvalue weighted by Gasteiger charge is 2.06. The van der Waals surface area contributed by atoms with Crippen molar-refractivity contribution in [1.82, 2.24) is 15.5 Å². The Kier molecular flexibility index (Phi) is 7.18. The first-order chi connectivity index (χ1) is 10.8. The molecule has 5 nitrogen and oxygen atoms in total. The molecule has 0 aliphatic carbocycles. The van der Waals surface area contributed by atoms with E-state index in [0.29, 0.717) is 13.0 Å². The number of nitrogens with zero attached hydrogens (tertiary/aromatic N) is 2. The van der Waals surface area contributed by atoms with Crippen LogP contribution in [0, 0.1) is 0 Å².